The molecule has 0 heterocycles. The summed E-state index contributed by atoms with van der Waals surface area (Å²) in [6, 6.07) is 8.07. The van der Waals surface area contributed by atoms with Gasteiger partial charge >= 0.3 is 12.1 Å². The second kappa shape index (κ2) is 8.90. The van der Waals surface area contributed by atoms with Gasteiger partial charge < -0.3 is 14.8 Å². The number of halogens is 1. The Labute approximate surface area is 117 Å². The SMILES string of the molecule is CCOC(=O)[C@H](CCF)NC(=O)OCc1ccccc1. The number of rotatable bonds is 7. The van der Waals surface area contributed by atoms with Crippen molar-refractivity contribution in [1.29, 1.82) is 0 Å². The maximum atomic E-state index is 12.3. The molecule has 1 N–H and O–H groups in total. The predicted octanol–water partition coefficient (Wildman–Crippen LogP) is 2.20. The zero-order valence-electron chi connectivity index (χ0n) is 11.3. The predicted molar refractivity (Wildman–Crippen MR) is 70.8 cm³/mol. The summed E-state index contributed by atoms with van der Waals surface area (Å²) >= 11 is 0. The van der Waals surface area contributed by atoms with Gasteiger partial charge in [0, 0.05) is 6.42 Å². The van der Waals surface area contributed by atoms with Gasteiger partial charge in [0.15, 0.2) is 0 Å². The van der Waals surface area contributed by atoms with E-state index in [1.165, 1.54) is 0 Å². The Bertz CT molecular complexity index is 424. The van der Waals surface area contributed by atoms with E-state index in [-0.39, 0.29) is 19.6 Å². The van der Waals surface area contributed by atoms with Crippen LogP contribution in [0.4, 0.5) is 9.18 Å². The van der Waals surface area contributed by atoms with Crippen LogP contribution < -0.4 is 5.32 Å². The summed E-state index contributed by atoms with van der Waals surface area (Å²) in [5, 5.41) is 2.30. The van der Waals surface area contributed by atoms with Gasteiger partial charge in [-0.05, 0) is 12.5 Å². The summed E-state index contributed by atoms with van der Waals surface area (Å²) in [6.45, 7) is 1.15. The number of alkyl halides is 1. The minimum absolute atomic E-state index is 0.0812. The molecule has 0 spiro atoms. The highest BCUT2D eigenvalue weighted by Gasteiger charge is 2.22. The van der Waals surface area contributed by atoms with Crippen molar-refractivity contribution in [3.63, 3.8) is 0 Å². The number of esters is 1. The van der Waals surface area contributed by atoms with Gasteiger partial charge in [0.25, 0.3) is 0 Å². The fraction of sp³-hybridized carbons (Fsp3) is 0.429. The van der Waals surface area contributed by atoms with Crippen LogP contribution in [0.5, 0.6) is 0 Å². The van der Waals surface area contributed by atoms with Gasteiger partial charge in [0.1, 0.15) is 12.6 Å². The molecule has 1 aromatic carbocycles. The lowest BCUT2D eigenvalue weighted by atomic mass is 10.2. The van der Waals surface area contributed by atoms with Gasteiger partial charge in [-0.3, -0.25) is 4.39 Å². The van der Waals surface area contributed by atoms with Gasteiger partial charge in [-0.1, -0.05) is 30.3 Å². The molecule has 20 heavy (non-hydrogen) atoms. The quantitative estimate of drug-likeness (QED) is 0.779. The van der Waals surface area contributed by atoms with E-state index < -0.39 is 24.8 Å². The van der Waals surface area contributed by atoms with Crippen LogP contribution >= 0.6 is 0 Å². The zero-order chi connectivity index (χ0) is 14.8. The number of hydrogen-bond acceptors (Lipinski definition) is 4. The zero-order valence-corrected chi connectivity index (χ0v) is 11.3. The first kappa shape index (κ1) is 15.9. The van der Waals surface area contributed by atoms with E-state index >= 15 is 0 Å². The third kappa shape index (κ3) is 5.69. The molecule has 0 unspecified atom stereocenters. The lowest BCUT2D eigenvalue weighted by Crippen LogP contribution is -2.42. The van der Waals surface area contributed by atoms with Crippen molar-refractivity contribution in [3.05, 3.63) is 35.9 Å². The minimum atomic E-state index is -1.02. The van der Waals surface area contributed by atoms with Crippen molar-refractivity contribution in [3.8, 4) is 0 Å². The van der Waals surface area contributed by atoms with Gasteiger partial charge in [-0.15, -0.1) is 0 Å². The van der Waals surface area contributed by atoms with Crippen molar-refractivity contribution in [2.24, 2.45) is 0 Å². The Balaban J connectivity index is 2.43. The molecule has 0 aliphatic heterocycles. The average Bonchev–Trinajstić information content (AvgIpc) is 2.46. The summed E-state index contributed by atoms with van der Waals surface area (Å²) < 4.78 is 22.0. The van der Waals surface area contributed by atoms with E-state index in [2.05, 4.69) is 5.32 Å². The Morgan fingerprint density at radius 3 is 2.55 bits per heavy atom. The average molecular weight is 283 g/mol. The number of carbonyl (C=O) groups excluding carboxylic acids is 2. The van der Waals surface area contributed by atoms with Gasteiger partial charge in [-0.25, -0.2) is 9.59 Å². The standard InChI is InChI=1S/C14H18FNO4/c1-2-19-13(17)12(8-9-15)16-14(18)20-10-11-6-4-3-5-7-11/h3-7,12H,2,8-10H2,1H3,(H,16,18)/t12-/m0/s1. The Kier molecular flexibility index (Phi) is 7.10. The maximum Gasteiger partial charge on any atom is 0.408 e. The number of benzene rings is 1. The molecule has 0 radical (unpaired) electrons. The molecule has 0 aliphatic carbocycles. The van der Waals surface area contributed by atoms with Crippen LogP contribution in [0.2, 0.25) is 0 Å². The topological polar surface area (TPSA) is 64.6 Å². The second-order valence-electron chi connectivity index (χ2n) is 3.99. The second-order valence-corrected chi connectivity index (χ2v) is 3.99. The summed E-state index contributed by atoms with van der Waals surface area (Å²) in [5.41, 5.74) is 0.820. The van der Waals surface area contributed by atoms with Crippen LogP contribution in [-0.4, -0.2) is 31.4 Å². The molecule has 110 valence electrons. The number of hydrogen-bond donors (Lipinski definition) is 1. The van der Waals surface area contributed by atoms with Crippen LogP contribution in [-0.2, 0) is 20.9 Å². The van der Waals surface area contributed by atoms with Crippen molar-refractivity contribution < 1.29 is 23.5 Å². The fourth-order valence-corrected chi connectivity index (χ4v) is 1.51. The van der Waals surface area contributed by atoms with Crippen LogP contribution in [0, 0.1) is 0 Å². The summed E-state index contributed by atoms with van der Waals surface area (Å²) in [4.78, 5) is 23.0. The summed E-state index contributed by atoms with van der Waals surface area (Å²) in [6.07, 6.45) is -0.917. The molecule has 6 heteroatoms. The van der Waals surface area contributed by atoms with E-state index in [4.69, 9.17) is 9.47 Å². The third-order valence-corrected chi connectivity index (χ3v) is 2.47. The van der Waals surface area contributed by atoms with E-state index in [0.717, 1.165) is 5.56 Å². The normalized spacial score (nSPS) is 11.5. The maximum absolute atomic E-state index is 12.3. The number of ether oxygens (including phenoxy) is 2. The number of nitrogens with one attached hydrogen (secondary N) is 1. The largest absolute Gasteiger partial charge is 0.464 e. The highest BCUT2D eigenvalue weighted by molar-refractivity contribution is 5.81. The molecule has 0 saturated heterocycles. The van der Waals surface area contributed by atoms with E-state index in [0.29, 0.717) is 0 Å². The lowest BCUT2D eigenvalue weighted by molar-refractivity contribution is -0.145. The van der Waals surface area contributed by atoms with Crippen molar-refractivity contribution in [2.45, 2.75) is 26.0 Å². The number of amides is 1. The minimum Gasteiger partial charge on any atom is -0.464 e. The van der Waals surface area contributed by atoms with Crippen molar-refractivity contribution in [2.75, 3.05) is 13.3 Å². The highest BCUT2D eigenvalue weighted by Crippen LogP contribution is 2.02. The molecular formula is C14H18FNO4. The van der Waals surface area contributed by atoms with Crippen LogP contribution in [0.25, 0.3) is 0 Å². The summed E-state index contributed by atoms with van der Waals surface area (Å²) in [7, 11) is 0. The molecule has 1 atom stereocenters. The van der Waals surface area contributed by atoms with Crippen molar-refractivity contribution >= 4 is 12.1 Å². The molecule has 0 saturated carbocycles. The Hall–Kier alpha value is -2.11. The first-order valence-electron chi connectivity index (χ1n) is 6.37. The van der Waals surface area contributed by atoms with Crippen LogP contribution in [0.3, 0.4) is 0 Å². The monoisotopic (exact) mass is 283 g/mol. The molecule has 0 aliphatic rings. The number of alkyl carbamates (subject to hydrolysis) is 1. The van der Waals surface area contributed by atoms with Gasteiger partial charge in [0.05, 0.1) is 13.3 Å². The van der Waals surface area contributed by atoms with Crippen molar-refractivity contribution in [1.82, 2.24) is 5.32 Å². The molecule has 1 rings (SSSR count). The smallest absolute Gasteiger partial charge is 0.408 e. The molecule has 1 aromatic rings. The molecule has 1 amide bonds. The first-order chi connectivity index (χ1) is 9.67. The van der Waals surface area contributed by atoms with Crippen LogP contribution in [0.15, 0.2) is 30.3 Å². The molecule has 0 aromatic heterocycles. The molecule has 0 bridgehead atoms. The fourth-order valence-electron chi connectivity index (χ4n) is 1.51. The van der Waals surface area contributed by atoms with E-state index in [1.54, 1.807) is 19.1 Å². The van der Waals surface area contributed by atoms with Gasteiger partial charge in [0.2, 0.25) is 0 Å². The molecule has 0 fully saturated rings. The van der Waals surface area contributed by atoms with E-state index in [9.17, 15) is 14.0 Å². The highest BCUT2D eigenvalue weighted by atomic mass is 19.1. The van der Waals surface area contributed by atoms with Gasteiger partial charge in [-0.2, -0.15) is 0 Å². The van der Waals surface area contributed by atoms with Crippen LogP contribution in [0.1, 0.15) is 18.9 Å². The Morgan fingerprint density at radius 2 is 1.95 bits per heavy atom. The van der Waals surface area contributed by atoms with E-state index in [1.807, 2.05) is 18.2 Å². The first-order valence-corrected chi connectivity index (χ1v) is 6.37. The molecule has 5 nitrogen and oxygen atoms in total. The number of carbonyl (C=O) groups is 2. The third-order valence-electron chi connectivity index (χ3n) is 2.47. The summed E-state index contributed by atoms with van der Waals surface area (Å²) in [5.74, 6) is -0.665. The lowest BCUT2D eigenvalue weighted by Gasteiger charge is -2.15. The Morgan fingerprint density at radius 1 is 1.25 bits per heavy atom. The molecular weight excluding hydrogens is 265 g/mol.